The first-order valence-corrected chi connectivity index (χ1v) is 6.20. The van der Waals surface area contributed by atoms with Gasteiger partial charge in [0.2, 0.25) is 0 Å². The fraction of sp³-hybridized carbons (Fsp3) is 0.667. The Hall–Kier alpha value is -0.830. The van der Waals surface area contributed by atoms with Crippen LogP contribution in [0.4, 0.5) is 0 Å². The minimum Gasteiger partial charge on any atom is -0.487 e. The van der Waals surface area contributed by atoms with E-state index in [4.69, 9.17) is 16.3 Å². The van der Waals surface area contributed by atoms with Crippen LogP contribution in [0.2, 0.25) is 0 Å². The molecule has 0 saturated carbocycles. The Kier molecular flexibility index (Phi) is 5.00. The zero-order chi connectivity index (χ0) is 12.1. The van der Waals surface area contributed by atoms with Crippen LogP contribution in [-0.2, 0) is 5.88 Å². The predicted octanol–water partition coefficient (Wildman–Crippen LogP) is 3.52. The van der Waals surface area contributed by atoms with Crippen LogP contribution in [0.5, 0.6) is 5.75 Å². The molecule has 0 bridgehead atoms. The maximum atomic E-state index is 5.87. The molecule has 0 saturated heterocycles. The Morgan fingerprint density at radius 1 is 1.38 bits per heavy atom. The van der Waals surface area contributed by atoms with E-state index in [1.54, 1.807) is 6.20 Å². The van der Waals surface area contributed by atoms with Gasteiger partial charge in [0.25, 0.3) is 0 Å². The molecule has 1 heterocycles. The third-order valence-corrected chi connectivity index (χ3v) is 2.65. The molecule has 4 heteroatoms. The van der Waals surface area contributed by atoms with Crippen LogP contribution in [0.1, 0.15) is 51.6 Å². The minimum absolute atomic E-state index is 0.162. The lowest BCUT2D eigenvalue weighted by Crippen LogP contribution is -2.13. The molecule has 0 spiro atoms. The average Bonchev–Trinajstić information content (AvgIpc) is 2.29. The van der Waals surface area contributed by atoms with Gasteiger partial charge in [0.15, 0.2) is 5.75 Å². The molecular weight excluding hydrogens is 224 g/mol. The molecule has 1 unspecified atom stereocenters. The van der Waals surface area contributed by atoms with Gasteiger partial charge in [0.05, 0.1) is 18.2 Å². The molecule has 1 atom stereocenters. The van der Waals surface area contributed by atoms with E-state index in [2.05, 4.69) is 30.7 Å². The van der Waals surface area contributed by atoms with Gasteiger partial charge in [-0.25, -0.2) is 9.97 Å². The summed E-state index contributed by atoms with van der Waals surface area (Å²) in [5.74, 6) is 2.18. The van der Waals surface area contributed by atoms with E-state index in [0.29, 0.717) is 17.5 Å². The van der Waals surface area contributed by atoms with E-state index in [1.165, 1.54) is 0 Å². The molecule has 1 aromatic heterocycles. The first-order valence-electron chi connectivity index (χ1n) is 5.66. The second-order valence-electron chi connectivity index (χ2n) is 4.16. The van der Waals surface area contributed by atoms with Crippen LogP contribution in [0.15, 0.2) is 6.20 Å². The van der Waals surface area contributed by atoms with Crippen LogP contribution >= 0.6 is 11.6 Å². The summed E-state index contributed by atoms with van der Waals surface area (Å²) in [4.78, 5) is 8.69. The quantitative estimate of drug-likeness (QED) is 0.741. The third-order valence-electron chi connectivity index (χ3n) is 2.39. The summed E-state index contributed by atoms with van der Waals surface area (Å²) < 4.78 is 5.71. The van der Waals surface area contributed by atoms with Crippen molar-refractivity contribution in [1.29, 1.82) is 0 Å². The smallest absolute Gasteiger partial charge is 0.160 e. The molecule has 0 aromatic carbocycles. The van der Waals surface area contributed by atoms with Gasteiger partial charge in [-0.2, -0.15) is 0 Å². The van der Waals surface area contributed by atoms with Gasteiger partial charge >= 0.3 is 0 Å². The molecule has 0 fully saturated rings. The molecule has 3 nitrogen and oxygen atoms in total. The molecule has 1 rings (SSSR count). The van der Waals surface area contributed by atoms with Gasteiger partial charge in [0, 0.05) is 5.92 Å². The van der Waals surface area contributed by atoms with Gasteiger partial charge < -0.3 is 4.74 Å². The Morgan fingerprint density at radius 2 is 2.06 bits per heavy atom. The normalized spacial score (nSPS) is 12.9. The molecule has 16 heavy (non-hydrogen) atoms. The molecular formula is C12H19ClN2O. The molecule has 0 aliphatic rings. The SMILES string of the molecule is CCC(C)Oc1cnc(C(C)C)nc1CCl. The molecule has 0 aliphatic carbocycles. The maximum Gasteiger partial charge on any atom is 0.160 e. The summed E-state index contributed by atoms with van der Waals surface area (Å²) in [7, 11) is 0. The summed E-state index contributed by atoms with van der Waals surface area (Å²) >= 11 is 5.87. The number of rotatable bonds is 5. The van der Waals surface area contributed by atoms with Gasteiger partial charge in [-0.05, 0) is 13.3 Å². The highest BCUT2D eigenvalue weighted by molar-refractivity contribution is 6.17. The molecule has 0 radical (unpaired) electrons. The largest absolute Gasteiger partial charge is 0.487 e. The Balaban J connectivity index is 2.93. The standard InChI is InChI=1S/C12H19ClN2O/c1-5-9(4)16-11-7-14-12(8(2)3)15-10(11)6-13/h7-9H,5-6H2,1-4H3. The topological polar surface area (TPSA) is 35.0 Å². The number of nitrogens with zero attached hydrogens (tertiary/aromatic N) is 2. The zero-order valence-corrected chi connectivity index (χ0v) is 11.1. The number of alkyl halides is 1. The van der Waals surface area contributed by atoms with Gasteiger partial charge in [-0.3, -0.25) is 0 Å². The number of hydrogen-bond donors (Lipinski definition) is 0. The summed E-state index contributed by atoms with van der Waals surface area (Å²) in [5.41, 5.74) is 0.778. The van der Waals surface area contributed by atoms with Crippen molar-refractivity contribution < 1.29 is 4.74 Å². The van der Waals surface area contributed by atoms with E-state index in [0.717, 1.165) is 17.9 Å². The predicted molar refractivity (Wildman–Crippen MR) is 66.1 cm³/mol. The summed E-state index contributed by atoms with van der Waals surface area (Å²) in [6, 6.07) is 0. The lowest BCUT2D eigenvalue weighted by atomic mass is 10.2. The first-order chi connectivity index (χ1) is 7.58. The third kappa shape index (κ3) is 3.34. The van der Waals surface area contributed by atoms with Crippen LogP contribution in [0.3, 0.4) is 0 Å². The molecule has 1 aromatic rings. The second-order valence-corrected chi connectivity index (χ2v) is 4.43. The fourth-order valence-corrected chi connectivity index (χ4v) is 1.39. The van der Waals surface area contributed by atoms with E-state index >= 15 is 0 Å². The summed E-state index contributed by atoms with van der Waals surface area (Å²) in [6.45, 7) is 8.22. The Bertz CT molecular complexity index is 342. The summed E-state index contributed by atoms with van der Waals surface area (Å²) in [5, 5.41) is 0. The molecule has 0 amide bonds. The maximum absolute atomic E-state index is 5.87. The lowest BCUT2D eigenvalue weighted by molar-refractivity contribution is 0.213. The highest BCUT2D eigenvalue weighted by Gasteiger charge is 2.11. The van der Waals surface area contributed by atoms with Crippen LogP contribution in [-0.4, -0.2) is 16.1 Å². The van der Waals surface area contributed by atoms with E-state index < -0.39 is 0 Å². The summed E-state index contributed by atoms with van der Waals surface area (Å²) in [6.07, 6.45) is 2.84. The molecule has 0 N–H and O–H groups in total. The lowest BCUT2D eigenvalue weighted by Gasteiger charge is -2.15. The number of halogens is 1. The van der Waals surface area contributed by atoms with Crippen molar-refractivity contribution in [3.05, 3.63) is 17.7 Å². The van der Waals surface area contributed by atoms with E-state index in [-0.39, 0.29) is 6.10 Å². The monoisotopic (exact) mass is 242 g/mol. The Labute approximate surface area is 102 Å². The number of aromatic nitrogens is 2. The van der Waals surface area contributed by atoms with Crippen molar-refractivity contribution >= 4 is 11.6 Å². The van der Waals surface area contributed by atoms with Crippen molar-refractivity contribution in [3.8, 4) is 5.75 Å². The van der Waals surface area contributed by atoms with Crippen molar-refractivity contribution in [1.82, 2.24) is 9.97 Å². The highest BCUT2D eigenvalue weighted by atomic mass is 35.5. The zero-order valence-electron chi connectivity index (χ0n) is 10.3. The van der Waals surface area contributed by atoms with Crippen molar-refractivity contribution in [2.45, 2.75) is 52.0 Å². The van der Waals surface area contributed by atoms with E-state index in [9.17, 15) is 0 Å². The highest BCUT2D eigenvalue weighted by Crippen LogP contribution is 2.21. The van der Waals surface area contributed by atoms with Crippen molar-refractivity contribution in [2.75, 3.05) is 0 Å². The number of ether oxygens (including phenoxy) is 1. The van der Waals surface area contributed by atoms with E-state index in [1.807, 2.05) is 6.92 Å². The Morgan fingerprint density at radius 3 is 2.56 bits per heavy atom. The van der Waals surface area contributed by atoms with Crippen LogP contribution in [0.25, 0.3) is 0 Å². The second kappa shape index (κ2) is 6.04. The van der Waals surface area contributed by atoms with Crippen LogP contribution < -0.4 is 4.74 Å². The minimum atomic E-state index is 0.162. The van der Waals surface area contributed by atoms with Crippen molar-refractivity contribution in [3.63, 3.8) is 0 Å². The van der Waals surface area contributed by atoms with Crippen LogP contribution in [0, 0.1) is 0 Å². The van der Waals surface area contributed by atoms with Gasteiger partial charge in [-0.1, -0.05) is 20.8 Å². The first kappa shape index (κ1) is 13.2. The van der Waals surface area contributed by atoms with Gasteiger partial charge in [0.1, 0.15) is 11.5 Å². The average molecular weight is 243 g/mol. The fourth-order valence-electron chi connectivity index (χ4n) is 1.19. The van der Waals surface area contributed by atoms with Gasteiger partial charge in [-0.15, -0.1) is 11.6 Å². The molecule has 0 aliphatic heterocycles. The van der Waals surface area contributed by atoms with Crippen molar-refractivity contribution in [2.24, 2.45) is 0 Å². The number of hydrogen-bond acceptors (Lipinski definition) is 3. The molecule has 90 valence electrons.